The van der Waals surface area contributed by atoms with E-state index in [1.54, 1.807) is 4.90 Å². The van der Waals surface area contributed by atoms with Crippen molar-refractivity contribution in [3.63, 3.8) is 0 Å². The van der Waals surface area contributed by atoms with Gasteiger partial charge < -0.3 is 4.90 Å². The highest BCUT2D eigenvalue weighted by atomic mass is 32.2. The van der Waals surface area contributed by atoms with E-state index < -0.39 is 10.0 Å². The van der Waals surface area contributed by atoms with E-state index in [4.69, 9.17) is 0 Å². The zero-order chi connectivity index (χ0) is 15.6. The van der Waals surface area contributed by atoms with E-state index >= 15 is 0 Å². The Morgan fingerprint density at radius 2 is 2.19 bits per heavy atom. The molecule has 8 heteroatoms. The van der Waals surface area contributed by atoms with Crippen molar-refractivity contribution < 1.29 is 13.2 Å². The number of amides is 1. The molecule has 1 atom stereocenters. The van der Waals surface area contributed by atoms with Gasteiger partial charge in [-0.05, 0) is 32.6 Å². The van der Waals surface area contributed by atoms with Crippen LogP contribution in [0.15, 0.2) is 0 Å². The van der Waals surface area contributed by atoms with E-state index in [0.717, 1.165) is 24.8 Å². The molecule has 21 heavy (non-hydrogen) atoms. The summed E-state index contributed by atoms with van der Waals surface area (Å²) < 4.78 is 24.8. The summed E-state index contributed by atoms with van der Waals surface area (Å²) in [5.74, 6) is 0.132. The number of rotatable bonds is 4. The predicted octanol–water partition coefficient (Wildman–Crippen LogP) is 0.428. The maximum absolute atomic E-state index is 12.6. The summed E-state index contributed by atoms with van der Waals surface area (Å²) in [6.07, 6.45) is 2.96. The van der Waals surface area contributed by atoms with E-state index in [1.165, 1.54) is 0 Å². The van der Waals surface area contributed by atoms with E-state index in [9.17, 15) is 13.2 Å². The molecule has 2 rings (SSSR count). The molecule has 0 bridgehead atoms. The smallest absolute Gasteiger partial charge is 0.257 e. The van der Waals surface area contributed by atoms with Crippen LogP contribution in [0.25, 0.3) is 0 Å². The molecule has 1 fully saturated rings. The van der Waals surface area contributed by atoms with Gasteiger partial charge in [-0.2, -0.15) is 5.10 Å². The molecule has 1 aliphatic heterocycles. The number of carbonyl (C=O) groups is 1. The van der Waals surface area contributed by atoms with Crippen LogP contribution in [0.1, 0.15) is 34.6 Å². The fraction of sp³-hybridized carbons (Fsp3) is 0.692. The van der Waals surface area contributed by atoms with Crippen LogP contribution in [-0.4, -0.2) is 55.3 Å². The Balaban J connectivity index is 2.02. The van der Waals surface area contributed by atoms with Crippen LogP contribution >= 0.6 is 0 Å². The lowest BCUT2D eigenvalue weighted by Gasteiger charge is -2.32. The molecule has 0 radical (unpaired) electrons. The number of sulfonamides is 1. The molecule has 1 aromatic rings. The SMILES string of the molecule is Cc1n[nH]c(C)c1C(=O)N1CCCC(CNS(C)(=O)=O)C1. The number of aromatic nitrogens is 2. The number of carbonyl (C=O) groups excluding carboxylic acids is 1. The first-order chi connectivity index (χ1) is 9.78. The monoisotopic (exact) mass is 314 g/mol. The average Bonchev–Trinajstić information content (AvgIpc) is 2.75. The zero-order valence-corrected chi connectivity index (χ0v) is 13.5. The number of H-pyrrole nitrogens is 1. The van der Waals surface area contributed by atoms with Gasteiger partial charge in [-0.15, -0.1) is 0 Å². The second-order valence-corrected chi connectivity index (χ2v) is 7.52. The molecule has 118 valence electrons. The van der Waals surface area contributed by atoms with Crippen molar-refractivity contribution in [1.82, 2.24) is 19.8 Å². The first-order valence-corrected chi connectivity index (χ1v) is 8.92. The van der Waals surface area contributed by atoms with Crippen molar-refractivity contribution in [1.29, 1.82) is 0 Å². The number of piperidine rings is 1. The first-order valence-electron chi connectivity index (χ1n) is 7.03. The van der Waals surface area contributed by atoms with Crippen LogP contribution in [-0.2, 0) is 10.0 Å². The third-order valence-corrected chi connectivity index (χ3v) is 4.47. The molecule has 1 unspecified atom stereocenters. The zero-order valence-electron chi connectivity index (χ0n) is 12.6. The third kappa shape index (κ3) is 4.04. The molecule has 2 heterocycles. The van der Waals surface area contributed by atoms with Gasteiger partial charge in [0, 0.05) is 25.3 Å². The van der Waals surface area contributed by atoms with Crippen molar-refractivity contribution in [3.05, 3.63) is 17.0 Å². The fourth-order valence-electron chi connectivity index (χ4n) is 2.71. The van der Waals surface area contributed by atoms with Crippen LogP contribution in [0.4, 0.5) is 0 Å². The number of aromatic amines is 1. The molecule has 0 spiro atoms. The summed E-state index contributed by atoms with van der Waals surface area (Å²) in [7, 11) is -3.19. The highest BCUT2D eigenvalue weighted by molar-refractivity contribution is 7.88. The number of hydrogen-bond donors (Lipinski definition) is 2. The lowest BCUT2D eigenvalue weighted by Crippen LogP contribution is -2.43. The van der Waals surface area contributed by atoms with Gasteiger partial charge in [-0.3, -0.25) is 9.89 Å². The van der Waals surface area contributed by atoms with Crippen molar-refractivity contribution in [2.75, 3.05) is 25.9 Å². The van der Waals surface area contributed by atoms with E-state index in [0.29, 0.717) is 30.9 Å². The molecule has 2 N–H and O–H groups in total. The first kappa shape index (κ1) is 16.0. The summed E-state index contributed by atoms with van der Waals surface area (Å²) in [5, 5.41) is 6.88. The van der Waals surface area contributed by atoms with Gasteiger partial charge in [-0.25, -0.2) is 13.1 Å². The Morgan fingerprint density at radius 1 is 1.48 bits per heavy atom. The summed E-state index contributed by atoms with van der Waals surface area (Å²) in [5.41, 5.74) is 2.11. The number of likely N-dealkylation sites (tertiary alicyclic amines) is 1. The van der Waals surface area contributed by atoms with E-state index in [2.05, 4.69) is 14.9 Å². The van der Waals surface area contributed by atoms with Crippen LogP contribution in [0.3, 0.4) is 0 Å². The highest BCUT2D eigenvalue weighted by Gasteiger charge is 2.27. The molecule has 1 saturated heterocycles. The van der Waals surface area contributed by atoms with Gasteiger partial charge in [-0.1, -0.05) is 0 Å². The Kier molecular flexibility index (Phi) is 4.67. The quantitative estimate of drug-likeness (QED) is 0.842. The summed E-state index contributed by atoms with van der Waals surface area (Å²) in [6, 6.07) is 0. The largest absolute Gasteiger partial charge is 0.338 e. The second kappa shape index (κ2) is 6.15. The van der Waals surface area contributed by atoms with Crippen molar-refractivity contribution in [2.45, 2.75) is 26.7 Å². The molecule has 0 aromatic carbocycles. The molecule has 7 nitrogen and oxygen atoms in total. The molecular formula is C13H22N4O3S. The molecular weight excluding hydrogens is 292 g/mol. The van der Waals surface area contributed by atoms with Crippen LogP contribution in [0.2, 0.25) is 0 Å². The Labute approximate surface area is 125 Å². The van der Waals surface area contributed by atoms with Gasteiger partial charge in [0.15, 0.2) is 0 Å². The Hall–Kier alpha value is -1.41. The minimum atomic E-state index is -3.19. The standard InChI is InChI=1S/C13H22N4O3S/c1-9-12(10(2)16-15-9)13(18)17-6-4-5-11(8-17)7-14-21(3,19)20/h11,14H,4-8H2,1-3H3,(H,15,16). The van der Waals surface area contributed by atoms with Gasteiger partial charge in [0.05, 0.1) is 17.5 Å². The lowest BCUT2D eigenvalue weighted by molar-refractivity contribution is 0.0675. The minimum absolute atomic E-state index is 0.0252. The van der Waals surface area contributed by atoms with Crippen molar-refractivity contribution in [3.8, 4) is 0 Å². The highest BCUT2D eigenvalue weighted by Crippen LogP contribution is 2.20. The van der Waals surface area contributed by atoms with Gasteiger partial charge in [0.25, 0.3) is 5.91 Å². The van der Waals surface area contributed by atoms with Gasteiger partial charge >= 0.3 is 0 Å². The molecule has 1 amide bonds. The maximum atomic E-state index is 12.6. The fourth-order valence-corrected chi connectivity index (χ4v) is 3.25. The molecule has 1 aromatic heterocycles. The number of aryl methyl sites for hydroxylation is 2. The number of nitrogens with one attached hydrogen (secondary N) is 2. The molecule has 0 aliphatic carbocycles. The lowest BCUT2D eigenvalue weighted by atomic mass is 9.97. The maximum Gasteiger partial charge on any atom is 0.257 e. The topological polar surface area (TPSA) is 95.2 Å². The normalized spacial score (nSPS) is 19.8. The second-order valence-electron chi connectivity index (χ2n) is 5.69. The minimum Gasteiger partial charge on any atom is -0.338 e. The van der Waals surface area contributed by atoms with E-state index in [-0.39, 0.29) is 11.8 Å². The molecule has 1 aliphatic rings. The van der Waals surface area contributed by atoms with Gasteiger partial charge in [0.1, 0.15) is 0 Å². The van der Waals surface area contributed by atoms with Gasteiger partial charge in [0.2, 0.25) is 10.0 Å². The average molecular weight is 314 g/mol. The number of hydrogen-bond acceptors (Lipinski definition) is 4. The summed E-state index contributed by atoms with van der Waals surface area (Å²) >= 11 is 0. The Morgan fingerprint density at radius 3 is 2.76 bits per heavy atom. The summed E-state index contributed by atoms with van der Waals surface area (Å²) in [6.45, 7) is 5.30. The van der Waals surface area contributed by atoms with Crippen molar-refractivity contribution in [2.24, 2.45) is 5.92 Å². The Bertz CT molecular complexity index is 604. The van der Waals surface area contributed by atoms with Crippen LogP contribution < -0.4 is 4.72 Å². The third-order valence-electron chi connectivity index (χ3n) is 3.78. The van der Waals surface area contributed by atoms with Crippen LogP contribution in [0.5, 0.6) is 0 Å². The van der Waals surface area contributed by atoms with E-state index in [1.807, 2.05) is 13.8 Å². The van der Waals surface area contributed by atoms with Crippen LogP contribution in [0, 0.1) is 19.8 Å². The van der Waals surface area contributed by atoms with Crippen molar-refractivity contribution >= 4 is 15.9 Å². The summed E-state index contributed by atoms with van der Waals surface area (Å²) in [4.78, 5) is 14.4. The molecule has 0 saturated carbocycles. The predicted molar refractivity (Wildman–Crippen MR) is 79.5 cm³/mol. The number of nitrogens with zero attached hydrogens (tertiary/aromatic N) is 2.